The van der Waals surface area contributed by atoms with E-state index in [1.807, 2.05) is 22.7 Å². The minimum absolute atomic E-state index is 1.15. The predicted octanol–water partition coefficient (Wildman–Crippen LogP) is 12.7. The fourth-order valence-corrected chi connectivity index (χ4v) is 8.87. The zero-order valence-electron chi connectivity index (χ0n) is 23.2. The lowest BCUT2D eigenvalue weighted by Crippen LogP contribution is -2.10. The van der Waals surface area contributed by atoms with E-state index in [0.717, 1.165) is 5.69 Å². The molecular weight excluding hydrogens is 559 g/mol. The molecule has 43 heavy (non-hydrogen) atoms. The van der Waals surface area contributed by atoms with E-state index in [1.165, 1.54) is 73.6 Å². The highest BCUT2D eigenvalue weighted by atomic mass is 32.1. The first-order valence-electron chi connectivity index (χ1n) is 14.5. The molecule has 0 atom stereocenters. The Bertz CT molecular complexity index is 2450. The van der Waals surface area contributed by atoms with E-state index in [0.29, 0.717) is 0 Å². The van der Waals surface area contributed by atoms with Crippen LogP contribution in [0.2, 0.25) is 0 Å². The summed E-state index contributed by atoms with van der Waals surface area (Å²) in [6, 6.07) is 55.3. The Morgan fingerprint density at radius 2 is 0.977 bits per heavy atom. The van der Waals surface area contributed by atoms with Gasteiger partial charge in [0.15, 0.2) is 0 Å². The second-order valence-corrected chi connectivity index (χ2v) is 13.0. The normalized spacial score (nSPS) is 11.7. The Balaban J connectivity index is 1.36. The number of rotatable bonds is 4. The van der Waals surface area contributed by atoms with Gasteiger partial charge in [0.2, 0.25) is 0 Å². The number of anilines is 3. The van der Waals surface area contributed by atoms with E-state index in [-0.39, 0.29) is 0 Å². The van der Waals surface area contributed by atoms with E-state index in [2.05, 4.69) is 157 Å². The first kappa shape index (κ1) is 24.6. The average Bonchev–Trinajstić information content (AvgIpc) is 3.65. The molecule has 2 heterocycles. The topological polar surface area (TPSA) is 3.24 Å². The van der Waals surface area contributed by atoms with Gasteiger partial charge in [0.05, 0.1) is 16.1 Å². The summed E-state index contributed by atoms with van der Waals surface area (Å²) >= 11 is 3.76. The SMILES string of the molecule is c1ccc(-c2ccc(N(c3cc4sc5ccccc5c4c4ccccc34)c3cccc4c3sc3ccccc34)cc2)cc1. The van der Waals surface area contributed by atoms with Gasteiger partial charge < -0.3 is 4.90 Å². The van der Waals surface area contributed by atoms with Crippen molar-refractivity contribution < 1.29 is 0 Å². The maximum atomic E-state index is 2.48. The molecule has 1 nitrogen and oxygen atoms in total. The summed E-state index contributed by atoms with van der Waals surface area (Å²) in [6.07, 6.45) is 0. The molecule has 0 bridgehead atoms. The van der Waals surface area contributed by atoms with E-state index >= 15 is 0 Å². The third kappa shape index (κ3) is 3.90. The molecule has 0 unspecified atom stereocenters. The Morgan fingerprint density at radius 3 is 1.77 bits per heavy atom. The largest absolute Gasteiger partial charge is 0.308 e. The summed E-state index contributed by atoms with van der Waals surface area (Å²) in [4.78, 5) is 2.48. The first-order valence-corrected chi connectivity index (χ1v) is 16.2. The predicted molar refractivity (Wildman–Crippen MR) is 190 cm³/mol. The molecule has 9 rings (SSSR count). The third-order valence-corrected chi connectivity index (χ3v) is 10.8. The van der Waals surface area contributed by atoms with Crippen LogP contribution in [0.4, 0.5) is 17.1 Å². The van der Waals surface area contributed by atoms with Crippen LogP contribution in [0.5, 0.6) is 0 Å². The third-order valence-electron chi connectivity index (χ3n) is 8.46. The van der Waals surface area contributed by atoms with Crippen molar-refractivity contribution in [2.45, 2.75) is 0 Å². The number of thiophene rings is 2. The molecule has 0 spiro atoms. The van der Waals surface area contributed by atoms with Gasteiger partial charge in [-0.3, -0.25) is 0 Å². The van der Waals surface area contributed by atoms with Gasteiger partial charge in [-0.1, -0.05) is 115 Å². The zero-order chi connectivity index (χ0) is 28.3. The van der Waals surface area contributed by atoms with E-state index < -0.39 is 0 Å². The lowest BCUT2D eigenvalue weighted by molar-refractivity contribution is 1.32. The van der Waals surface area contributed by atoms with Gasteiger partial charge in [-0.25, -0.2) is 0 Å². The number of hydrogen-bond donors (Lipinski definition) is 0. The number of nitrogens with zero attached hydrogens (tertiary/aromatic N) is 1. The van der Waals surface area contributed by atoms with Crippen LogP contribution in [-0.2, 0) is 0 Å². The highest BCUT2D eigenvalue weighted by Gasteiger charge is 2.22. The van der Waals surface area contributed by atoms with Gasteiger partial charge >= 0.3 is 0 Å². The van der Waals surface area contributed by atoms with Crippen molar-refractivity contribution in [3.8, 4) is 11.1 Å². The highest BCUT2D eigenvalue weighted by Crippen LogP contribution is 2.49. The van der Waals surface area contributed by atoms with Crippen LogP contribution >= 0.6 is 22.7 Å². The fourth-order valence-electron chi connectivity index (χ4n) is 6.51. The molecule has 2 aromatic heterocycles. The van der Waals surface area contributed by atoms with Crippen LogP contribution in [0, 0.1) is 0 Å². The lowest BCUT2D eigenvalue weighted by atomic mass is 10.00. The van der Waals surface area contributed by atoms with Crippen LogP contribution in [-0.4, -0.2) is 0 Å². The number of hydrogen-bond acceptors (Lipinski definition) is 3. The van der Waals surface area contributed by atoms with Crippen LogP contribution in [0.1, 0.15) is 0 Å². The van der Waals surface area contributed by atoms with Crippen molar-refractivity contribution in [1.29, 1.82) is 0 Å². The summed E-state index contributed by atoms with van der Waals surface area (Å²) in [6.45, 7) is 0. The second-order valence-electron chi connectivity index (χ2n) is 10.9. The fraction of sp³-hybridized carbons (Fsp3) is 0. The summed E-state index contributed by atoms with van der Waals surface area (Å²) in [5, 5.41) is 7.84. The van der Waals surface area contributed by atoms with Gasteiger partial charge in [-0.2, -0.15) is 0 Å². The summed E-state index contributed by atoms with van der Waals surface area (Å²) in [5.41, 5.74) is 6.00. The first-order chi connectivity index (χ1) is 21.3. The molecule has 0 aliphatic rings. The molecule has 0 radical (unpaired) electrons. The maximum Gasteiger partial charge on any atom is 0.0640 e. The lowest BCUT2D eigenvalue weighted by Gasteiger charge is -2.28. The smallest absolute Gasteiger partial charge is 0.0640 e. The molecule has 0 aliphatic heterocycles. The minimum Gasteiger partial charge on any atom is -0.308 e. The van der Waals surface area contributed by atoms with Crippen molar-refractivity contribution in [2.75, 3.05) is 4.90 Å². The zero-order valence-corrected chi connectivity index (χ0v) is 24.8. The van der Waals surface area contributed by atoms with Crippen LogP contribution in [0.3, 0.4) is 0 Å². The molecule has 202 valence electrons. The molecule has 0 saturated heterocycles. The van der Waals surface area contributed by atoms with Crippen molar-refractivity contribution in [2.24, 2.45) is 0 Å². The molecule has 0 amide bonds. The molecule has 0 fully saturated rings. The van der Waals surface area contributed by atoms with Crippen LogP contribution < -0.4 is 4.90 Å². The molecule has 9 aromatic rings. The molecule has 3 heteroatoms. The molecule has 0 aliphatic carbocycles. The van der Waals surface area contributed by atoms with E-state index in [4.69, 9.17) is 0 Å². The van der Waals surface area contributed by atoms with Gasteiger partial charge in [0.25, 0.3) is 0 Å². The molecule has 7 aromatic carbocycles. The van der Waals surface area contributed by atoms with Crippen molar-refractivity contribution >= 4 is 90.9 Å². The number of fused-ring (bicyclic) bond motifs is 8. The van der Waals surface area contributed by atoms with Crippen molar-refractivity contribution in [3.05, 3.63) is 152 Å². The average molecular weight is 584 g/mol. The second kappa shape index (κ2) is 9.81. The van der Waals surface area contributed by atoms with Gasteiger partial charge in [0.1, 0.15) is 0 Å². The Labute approximate surface area is 257 Å². The Kier molecular flexibility index (Phi) is 5.62. The highest BCUT2D eigenvalue weighted by molar-refractivity contribution is 7.26. The monoisotopic (exact) mass is 583 g/mol. The molecular formula is C40H25NS2. The minimum atomic E-state index is 1.15. The van der Waals surface area contributed by atoms with Crippen molar-refractivity contribution in [1.82, 2.24) is 0 Å². The van der Waals surface area contributed by atoms with E-state index in [1.54, 1.807) is 0 Å². The van der Waals surface area contributed by atoms with Gasteiger partial charge in [-0.05, 0) is 52.9 Å². The molecule has 0 N–H and O–H groups in total. The van der Waals surface area contributed by atoms with E-state index in [9.17, 15) is 0 Å². The Hall–Kier alpha value is -4.96. The van der Waals surface area contributed by atoms with Crippen molar-refractivity contribution in [3.63, 3.8) is 0 Å². The summed E-state index contributed by atoms with van der Waals surface area (Å²) in [7, 11) is 0. The Morgan fingerprint density at radius 1 is 0.372 bits per heavy atom. The van der Waals surface area contributed by atoms with Gasteiger partial charge in [0, 0.05) is 46.7 Å². The summed E-state index contributed by atoms with van der Waals surface area (Å²) < 4.78 is 5.25. The summed E-state index contributed by atoms with van der Waals surface area (Å²) in [5.74, 6) is 0. The quantitative estimate of drug-likeness (QED) is 0.199. The van der Waals surface area contributed by atoms with Gasteiger partial charge in [-0.15, -0.1) is 22.7 Å². The van der Waals surface area contributed by atoms with Crippen LogP contribution in [0.15, 0.2) is 152 Å². The number of benzene rings is 7. The standard InChI is InChI=1S/C40H25NS2/c1-2-11-26(12-3-1)27-21-23-28(24-22-27)41(34-18-10-17-32-30-14-6-8-19-36(30)43-40(32)34)35-25-38-39(31-15-5-4-13-29(31)35)33-16-7-9-20-37(33)42-38/h1-25H. The molecule has 0 saturated carbocycles. The van der Waals surface area contributed by atoms with Crippen LogP contribution in [0.25, 0.3) is 62.2 Å². The maximum absolute atomic E-state index is 2.48.